The number of hydrogen-bond donors (Lipinski definition) is 1. The Labute approximate surface area is 167 Å². The largest absolute Gasteiger partial charge is 0.506 e. The van der Waals surface area contributed by atoms with E-state index in [1.54, 1.807) is 17.0 Å². The third-order valence-corrected chi connectivity index (χ3v) is 5.77. The van der Waals surface area contributed by atoms with E-state index in [1.807, 2.05) is 6.92 Å². The van der Waals surface area contributed by atoms with E-state index < -0.39 is 11.7 Å². The number of carbonyl (C=O) groups is 2. The van der Waals surface area contributed by atoms with Crippen molar-refractivity contribution in [3.63, 3.8) is 0 Å². The Hall–Kier alpha value is -3.16. The number of anilines is 1. The third-order valence-electron chi connectivity index (χ3n) is 5.77. The third kappa shape index (κ3) is 3.74. The average Bonchev–Trinajstić information content (AvgIpc) is 3.04. The molecule has 1 aromatic carbocycles. The molecule has 3 heterocycles. The molecule has 2 fully saturated rings. The number of hydrogen-bond acceptors (Lipinski definition) is 5. The fourth-order valence-electron chi connectivity index (χ4n) is 4.12. The lowest BCUT2D eigenvalue weighted by Gasteiger charge is -2.39. The van der Waals surface area contributed by atoms with Gasteiger partial charge in [-0.1, -0.05) is 0 Å². The van der Waals surface area contributed by atoms with Gasteiger partial charge in [-0.2, -0.15) is 0 Å². The second-order valence-electron chi connectivity index (χ2n) is 7.74. The molecule has 1 atom stereocenters. The Morgan fingerprint density at radius 3 is 2.59 bits per heavy atom. The van der Waals surface area contributed by atoms with Crippen molar-refractivity contribution in [2.45, 2.75) is 25.4 Å². The normalized spacial score (nSPS) is 22.6. The number of carbonyl (C=O) groups excluding carboxylic acids is 2. The number of nitrogens with zero attached hydrogens (tertiary/aromatic N) is 3. The number of pyridine rings is 1. The molecule has 2 aliphatic heterocycles. The number of likely N-dealkylation sites (tertiary alicyclic amines) is 1. The summed E-state index contributed by atoms with van der Waals surface area (Å²) in [6.45, 7) is 3.36. The minimum Gasteiger partial charge on any atom is -0.506 e. The highest BCUT2D eigenvalue weighted by Gasteiger charge is 2.48. The lowest BCUT2D eigenvalue weighted by molar-refractivity contribution is -0.00452. The zero-order valence-electron chi connectivity index (χ0n) is 16.0. The van der Waals surface area contributed by atoms with Crippen LogP contribution in [0.25, 0.3) is 0 Å². The van der Waals surface area contributed by atoms with Crippen LogP contribution in [0.2, 0.25) is 0 Å². The molecule has 2 aliphatic rings. The van der Waals surface area contributed by atoms with Gasteiger partial charge in [-0.3, -0.25) is 14.7 Å². The van der Waals surface area contributed by atoms with Crippen LogP contribution in [0, 0.1) is 11.7 Å². The van der Waals surface area contributed by atoms with Gasteiger partial charge >= 0.3 is 6.09 Å². The molecular weight excluding hydrogens is 377 g/mol. The van der Waals surface area contributed by atoms with Crippen molar-refractivity contribution in [1.82, 2.24) is 9.88 Å². The van der Waals surface area contributed by atoms with E-state index in [0.717, 1.165) is 0 Å². The van der Waals surface area contributed by atoms with Crippen molar-refractivity contribution < 1.29 is 23.8 Å². The van der Waals surface area contributed by atoms with Crippen molar-refractivity contribution >= 4 is 17.7 Å². The van der Waals surface area contributed by atoms with Gasteiger partial charge in [0.1, 0.15) is 17.2 Å². The molecule has 7 nitrogen and oxygen atoms in total. The fourth-order valence-corrected chi connectivity index (χ4v) is 4.12. The number of piperidine rings is 1. The molecule has 0 bridgehead atoms. The smallest absolute Gasteiger partial charge is 0.415 e. The number of halogens is 1. The Kier molecular flexibility index (Phi) is 4.86. The summed E-state index contributed by atoms with van der Waals surface area (Å²) in [5.74, 6) is -0.475. The molecule has 2 aromatic rings. The van der Waals surface area contributed by atoms with Gasteiger partial charge in [-0.25, -0.2) is 9.18 Å². The van der Waals surface area contributed by atoms with E-state index in [1.165, 1.54) is 35.5 Å². The number of amides is 2. The SMILES string of the molecule is CC1(C2CCN(C(=O)c3cncc(O)c3)CC2)CN(c2ccc(F)cc2)C(=O)O1. The van der Waals surface area contributed by atoms with Crippen LogP contribution >= 0.6 is 0 Å². The van der Waals surface area contributed by atoms with Crippen molar-refractivity contribution in [2.75, 3.05) is 24.5 Å². The highest BCUT2D eigenvalue weighted by Crippen LogP contribution is 2.38. The molecule has 0 aliphatic carbocycles. The second-order valence-corrected chi connectivity index (χ2v) is 7.74. The van der Waals surface area contributed by atoms with Crippen LogP contribution in [0.4, 0.5) is 14.9 Å². The summed E-state index contributed by atoms with van der Waals surface area (Å²) in [6.07, 6.45) is 3.67. The average molecular weight is 399 g/mol. The highest BCUT2D eigenvalue weighted by molar-refractivity contribution is 5.94. The first kappa shape index (κ1) is 19.2. The van der Waals surface area contributed by atoms with Gasteiger partial charge in [0.25, 0.3) is 5.91 Å². The molecule has 0 radical (unpaired) electrons. The number of rotatable bonds is 3. The molecule has 29 heavy (non-hydrogen) atoms. The molecular formula is C21H22FN3O4. The van der Waals surface area contributed by atoms with Crippen molar-refractivity contribution in [1.29, 1.82) is 0 Å². The minimum absolute atomic E-state index is 0.0444. The lowest BCUT2D eigenvalue weighted by atomic mass is 9.81. The van der Waals surface area contributed by atoms with Gasteiger partial charge in [0.15, 0.2) is 0 Å². The molecule has 1 N–H and O–H groups in total. The van der Waals surface area contributed by atoms with Gasteiger partial charge in [0.05, 0.1) is 18.3 Å². The molecule has 0 spiro atoms. The summed E-state index contributed by atoms with van der Waals surface area (Å²) in [5, 5.41) is 9.53. The molecule has 2 amide bonds. The van der Waals surface area contributed by atoms with E-state index in [9.17, 15) is 19.1 Å². The highest BCUT2D eigenvalue weighted by atomic mass is 19.1. The summed E-state index contributed by atoms with van der Waals surface area (Å²) < 4.78 is 18.9. The first-order valence-electron chi connectivity index (χ1n) is 9.55. The summed E-state index contributed by atoms with van der Waals surface area (Å²) in [4.78, 5) is 32.2. The van der Waals surface area contributed by atoms with E-state index in [2.05, 4.69) is 4.98 Å². The number of ether oxygens (including phenoxy) is 1. The zero-order valence-corrected chi connectivity index (χ0v) is 16.0. The maximum Gasteiger partial charge on any atom is 0.415 e. The molecule has 8 heteroatoms. The quantitative estimate of drug-likeness (QED) is 0.857. The summed E-state index contributed by atoms with van der Waals surface area (Å²) in [7, 11) is 0. The molecule has 1 aromatic heterocycles. The van der Waals surface area contributed by atoms with Gasteiger partial charge in [0, 0.05) is 30.9 Å². The number of aromatic hydroxyl groups is 1. The van der Waals surface area contributed by atoms with E-state index in [0.29, 0.717) is 43.7 Å². The Bertz CT molecular complexity index is 928. The Morgan fingerprint density at radius 1 is 1.24 bits per heavy atom. The summed E-state index contributed by atoms with van der Waals surface area (Å²) >= 11 is 0. The van der Waals surface area contributed by atoms with E-state index in [4.69, 9.17) is 4.74 Å². The maximum atomic E-state index is 13.2. The minimum atomic E-state index is -0.673. The van der Waals surface area contributed by atoms with Crippen LogP contribution in [-0.2, 0) is 4.74 Å². The van der Waals surface area contributed by atoms with Gasteiger partial charge in [-0.15, -0.1) is 0 Å². The van der Waals surface area contributed by atoms with Crippen molar-refractivity contribution in [2.24, 2.45) is 5.92 Å². The lowest BCUT2D eigenvalue weighted by Crippen LogP contribution is -2.47. The standard InChI is InChI=1S/C21H22FN3O4/c1-21(13-25(20(28)29-21)17-4-2-16(22)3-5-17)15-6-8-24(9-7-15)19(27)14-10-18(26)12-23-11-14/h2-5,10-12,15,26H,6-9,13H2,1H3. The molecule has 152 valence electrons. The Morgan fingerprint density at radius 2 is 1.93 bits per heavy atom. The molecule has 4 rings (SSSR count). The van der Waals surface area contributed by atoms with Crippen LogP contribution in [0.5, 0.6) is 5.75 Å². The number of benzene rings is 1. The van der Waals surface area contributed by atoms with Gasteiger partial charge in [0.2, 0.25) is 0 Å². The van der Waals surface area contributed by atoms with E-state index in [-0.39, 0.29) is 23.4 Å². The van der Waals surface area contributed by atoms with Crippen LogP contribution in [0.15, 0.2) is 42.7 Å². The zero-order chi connectivity index (χ0) is 20.6. The predicted molar refractivity (Wildman–Crippen MR) is 103 cm³/mol. The second kappa shape index (κ2) is 7.35. The monoisotopic (exact) mass is 399 g/mol. The van der Waals surface area contributed by atoms with Crippen molar-refractivity contribution in [3.05, 3.63) is 54.1 Å². The van der Waals surface area contributed by atoms with Gasteiger partial charge in [-0.05, 0) is 50.1 Å². The summed E-state index contributed by atoms with van der Waals surface area (Å²) in [5.41, 5.74) is 0.279. The number of cyclic esters (lactones) is 1. The molecule has 2 saturated heterocycles. The maximum absolute atomic E-state index is 13.2. The summed E-state index contributed by atoms with van der Waals surface area (Å²) in [6, 6.07) is 7.17. The fraction of sp³-hybridized carbons (Fsp3) is 0.381. The van der Waals surface area contributed by atoms with E-state index >= 15 is 0 Å². The predicted octanol–water partition coefficient (Wildman–Crippen LogP) is 3.19. The van der Waals surface area contributed by atoms with Crippen LogP contribution in [0.3, 0.4) is 0 Å². The number of aromatic nitrogens is 1. The van der Waals surface area contributed by atoms with Crippen LogP contribution in [-0.4, -0.2) is 52.2 Å². The molecule has 0 saturated carbocycles. The van der Waals surface area contributed by atoms with Gasteiger partial charge < -0.3 is 14.7 Å². The molecule has 1 unspecified atom stereocenters. The van der Waals surface area contributed by atoms with Crippen molar-refractivity contribution in [3.8, 4) is 5.75 Å². The first-order chi connectivity index (χ1) is 13.9. The van der Waals surface area contributed by atoms with Crippen LogP contribution < -0.4 is 4.90 Å². The Balaban J connectivity index is 1.41. The first-order valence-corrected chi connectivity index (χ1v) is 9.55. The van der Waals surface area contributed by atoms with Crippen LogP contribution in [0.1, 0.15) is 30.1 Å². The topological polar surface area (TPSA) is 83.0 Å².